The quantitative estimate of drug-likeness (QED) is 0.907. The number of carbonyl (C=O) groups excluding carboxylic acids is 1. The van der Waals surface area contributed by atoms with Crippen molar-refractivity contribution in [3.63, 3.8) is 0 Å². The van der Waals surface area contributed by atoms with Gasteiger partial charge in [-0.2, -0.15) is 0 Å². The Balaban J connectivity index is 2.05. The summed E-state index contributed by atoms with van der Waals surface area (Å²) in [5.41, 5.74) is 8.34. The summed E-state index contributed by atoms with van der Waals surface area (Å²) in [4.78, 5) is 14.5. The van der Waals surface area contributed by atoms with Crippen molar-refractivity contribution in [3.8, 4) is 5.75 Å². The average molecular weight is 318 g/mol. The molecule has 2 N–H and O–H groups in total. The lowest BCUT2D eigenvalue weighted by Crippen LogP contribution is -2.52. The van der Waals surface area contributed by atoms with Gasteiger partial charge in [0.15, 0.2) is 6.61 Å². The summed E-state index contributed by atoms with van der Waals surface area (Å²) in [6, 6.07) is 6.33. The summed E-state index contributed by atoms with van der Waals surface area (Å²) >= 11 is 0. The maximum absolute atomic E-state index is 12.6. The van der Waals surface area contributed by atoms with Crippen molar-refractivity contribution < 1.29 is 9.53 Å². The van der Waals surface area contributed by atoms with E-state index in [1.807, 2.05) is 24.8 Å². The first-order chi connectivity index (χ1) is 10.9. The number of nitrogens with zero attached hydrogens (tertiary/aromatic N) is 1. The van der Waals surface area contributed by atoms with Crippen LogP contribution in [0.2, 0.25) is 0 Å². The van der Waals surface area contributed by atoms with Crippen LogP contribution in [0, 0.1) is 6.92 Å². The van der Waals surface area contributed by atoms with E-state index in [2.05, 4.69) is 26.0 Å². The minimum absolute atomic E-state index is 0.00412. The predicted molar refractivity (Wildman–Crippen MR) is 93.8 cm³/mol. The van der Waals surface area contributed by atoms with Crippen LogP contribution in [0.15, 0.2) is 18.2 Å². The molecule has 1 aromatic carbocycles. The molecular weight excluding hydrogens is 288 g/mol. The van der Waals surface area contributed by atoms with Gasteiger partial charge in [-0.25, -0.2) is 0 Å². The molecule has 0 aromatic heterocycles. The summed E-state index contributed by atoms with van der Waals surface area (Å²) in [6.45, 7) is 9.17. The number of carbonyl (C=O) groups is 1. The lowest BCUT2D eigenvalue weighted by molar-refractivity contribution is -0.137. The Morgan fingerprint density at radius 2 is 2.09 bits per heavy atom. The van der Waals surface area contributed by atoms with Gasteiger partial charge in [-0.05, 0) is 56.2 Å². The van der Waals surface area contributed by atoms with Crippen molar-refractivity contribution in [2.45, 2.75) is 65.0 Å². The fourth-order valence-electron chi connectivity index (χ4n) is 3.28. The van der Waals surface area contributed by atoms with Crippen molar-refractivity contribution in [1.82, 2.24) is 4.90 Å². The molecule has 1 amide bonds. The molecule has 23 heavy (non-hydrogen) atoms. The molecule has 0 radical (unpaired) electrons. The number of amides is 1. The number of ether oxygens (including phenoxy) is 1. The SMILES string of the molecule is Cc1ccc(C(C)C)c(OCC(=O)N2CCCCC2C(C)N)c1. The van der Waals surface area contributed by atoms with E-state index in [1.165, 1.54) is 0 Å². The Bertz CT molecular complexity index is 540. The highest BCUT2D eigenvalue weighted by Gasteiger charge is 2.29. The van der Waals surface area contributed by atoms with Crippen molar-refractivity contribution in [2.24, 2.45) is 5.73 Å². The molecule has 4 heteroatoms. The molecule has 0 bridgehead atoms. The number of rotatable bonds is 5. The van der Waals surface area contributed by atoms with Crippen LogP contribution in [0.5, 0.6) is 5.75 Å². The second kappa shape index (κ2) is 7.82. The molecule has 1 aliphatic rings. The second-order valence-electron chi connectivity index (χ2n) is 6.99. The molecule has 1 heterocycles. The Hall–Kier alpha value is -1.55. The highest BCUT2D eigenvalue weighted by Crippen LogP contribution is 2.28. The van der Waals surface area contributed by atoms with Crippen LogP contribution in [0.4, 0.5) is 0 Å². The van der Waals surface area contributed by atoms with Gasteiger partial charge in [-0.15, -0.1) is 0 Å². The van der Waals surface area contributed by atoms with Crippen molar-refractivity contribution in [3.05, 3.63) is 29.3 Å². The monoisotopic (exact) mass is 318 g/mol. The summed E-state index contributed by atoms with van der Waals surface area (Å²) in [5.74, 6) is 1.23. The first-order valence-corrected chi connectivity index (χ1v) is 8.68. The van der Waals surface area contributed by atoms with E-state index in [9.17, 15) is 4.79 Å². The number of nitrogens with two attached hydrogens (primary N) is 1. The Morgan fingerprint density at radius 1 is 1.35 bits per heavy atom. The van der Waals surface area contributed by atoms with Crippen LogP contribution in [0.25, 0.3) is 0 Å². The van der Waals surface area contributed by atoms with E-state index in [0.717, 1.165) is 42.7 Å². The van der Waals surface area contributed by atoms with Gasteiger partial charge in [0.25, 0.3) is 5.91 Å². The van der Waals surface area contributed by atoms with Gasteiger partial charge < -0.3 is 15.4 Å². The zero-order valence-electron chi connectivity index (χ0n) is 14.8. The van der Waals surface area contributed by atoms with Crippen LogP contribution in [-0.4, -0.2) is 36.0 Å². The number of benzene rings is 1. The molecule has 2 atom stereocenters. The molecule has 1 aromatic rings. The minimum atomic E-state index is 0.00412. The minimum Gasteiger partial charge on any atom is -0.483 e. The van der Waals surface area contributed by atoms with Gasteiger partial charge in [0.1, 0.15) is 5.75 Å². The van der Waals surface area contributed by atoms with Crippen molar-refractivity contribution >= 4 is 5.91 Å². The molecule has 0 spiro atoms. The number of piperidine rings is 1. The highest BCUT2D eigenvalue weighted by atomic mass is 16.5. The maximum Gasteiger partial charge on any atom is 0.260 e. The van der Waals surface area contributed by atoms with Gasteiger partial charge in [-0.1, -0.05) is 26.0 Å². The molecule has 0 aliphatic carbocycles. The lowest BCUT2D eigenvalue weighted by atomic mass is 9.97. The Labute approximate surface area is 140 Å². The molecule has 1 aliphatic heterocycles. The second-order valence-corrected chi connectivity index (χ2v) is 6.99. The molecule has 128 valence electrons. The Kier molecular flexibility index (Phi) is 6.05. The molecule has 4 nitrogen and oxygen atoms in total. The molecular formula is C19H30N2O2. The third kappa shape index (κ3) is 4.47. The fraction of sp³-hybridized carbons (Fsp3) is 0.632. The summed E-state index contributed by atoms with van der Waals surface area (Å²) in [5, 5.41) is 0. The average Bonchev–Trinajstić information content (AvgIpc) is 2.52. The Morgan fingerprint density at radius 3 is 2.74 bits per heavy atom. The van der Waals surface area contributed by atoms with E-state index in [1.54, 1.807) is 0 Å². The van der Waals surface area contributed by atoms with Gasteiger partial charge in [0.2, 0.25) is 0 Å². The number of hydrogen-bond donors (Lipinski definition) is 1. The van der Waals surface area contributed by atoms with Crippen LogP contribution in [0.1, 0.15) is 57.1 Å². The highest BCUT2D eigenvalue weighted by molar-refractivity contribution is 5.78. The van der Waals surface area contributed by atoms with E-state index in [4.69, 9.17) is 10.5 Å². The zero-order chi connectivity index (χ0) is 17.0. The molecule has 1 fully saturated rings. The van der Waals surface area contributed by atoms with E-state index >= 15 is 0 Å². The largest absolute Gasteiger partial charge is 0.483 e. The van der Waals surface area contributed by atoms with Crippen molar-refractivity contribution in [2.75, 3.05) is 13.2 Å². The standard InChI is InChI=1S/C19H30N2O2/c1-13(2)16-9-8-14(3)11-18(16)23-12-19(22)21-10-6-5-7-17(21)15(4)20/h8-9,11,13,15,17H,5-7,10,12,20H2,1-4H3. The van der Waals surface area contributed by atoms with Gasteiger partial charge >= 0.3 is 0 Å². The van der Waals surface area contributed by atoms with Crippen molar-refractivity contribution in [1.29, 1.82) is 0 Å². The first-order valence-electron chi connectivity index (χ1n) is 8.68. The molecule has 2 unspecified atom stereocenters. The molecule has 2 rings (SSSR count). The van der Waals surface area contributed by atoms with E-state index < -0.39 is 0 Å². The van der Waals surface area contributed by atoms with Crippen LogP contribution < -0.4 is 10.5 Å². The summed E-state index contributed by atoms with van der Waals surface area (Å²) in [6.07, 6.45) is 3.19. The van der Waals surface area contributed by atoms with Crippen LogP contribution in [0.3, 0.4) is 0 Å². The third-order valence-corrected chi connectivity index (χ3v) is 4.62. The number of aryl methyl sites for hydroxylation is 1. The van der Waals surface area contributed by atoms with Crippen LogP contribution in [-0.2, 0) is 4.79 Å². The van der Waals surface area contributed by atoms with Gasteiger partial charge in [0, 0.05) is 18.6 Å². The third-order valence-electron chi connectivity index (χ3n) is 4.62. The smallest absolute Gasteiger partial charge is 0.260 e. The fourth-order valence-corrected chi connectivity index (χ4v) is 3.28. The predicted octanol–water partition coefficient (Wildman–Crippen LogP) is 3.23. The topological polar surface area (TPSA) is 55.6 Å². The maximum atomic E-state index is 12.6. The lowest BCUT2D eigenvalue weighted by Gasteiger charge is -2.38. The summed E-state index contributed by atoms with van der Waals surface area (Å²) in [7, 11) is 0. The van der Waals surface area contributed by atoms with E-state index in [0.29, 0.717) is 5.92 Å². The normalized spacial score (nSPS) is 19.7. The molecule has 1 saturated heterocycles. The number of hydrogen-bond acceptors (Lipinski definition) is 3. The van der Waals surface area contributed by atoms with E-state index in [-0.39, 0.29) is 24.6 Å². The van der Waals surface area contributed by atoms with Gasteiger partial charge in [0.05, 0.1) is 0 Å². The molecule has 0 saturated carbocycles. The summed E-state index contributed by atoms with van der Waals surface area (Å²) < 4.78 is 5.89. The van der Waals surface area contributed by atoms with Gasteiger partial charge in [-0.3, -0.25) is 4.79 Å². The van der Waals surface area contributed by atoms with Crippen LogP contribution >= 0.6 is 0 Å². The number of likely N-dealkylation sites (tertiary alicyclic amines) is 1. The zero-order valence-corrected chi connectivity index (χ0v) is 14.8. The first kappa shape index (κ1) is 17.8.